The van der Waals surface area contributed by atoms with Crippen LogP contribution in [0.5, 0.6) is 11.5 Å². The number of fused-ring (bicyclic) bond motifs is 4. The average Bonchev–Trinajstić information content (AvgIpc) is 3.18. The summed E-state index contributed by atoms with van der Waals surface area (Å²) in [6.45, 7) is 0. The summed E-state index contributed by atoms with van der Waals surface area (Å²) in [6, 6.07) is 12.4. The molecule has 2 aromatic carbocycles. The van der Waals surface area contributed by atoms with Gasteiger partial charge in [0.25, 0.3) is 5.91 Å². The van der Waals surface area contributed by atoms with Crippen molar-refractivity contribution in [1.82, 2.24) is 14.8 Å². The van der Waals surface area contributed by atoms with Gasteiger partial charge in [0.2, 0.25) is 0 Å². The lowest BCUT2D eigenvalue weighted by Gasteiger charge is -2.37. The Morgan fingerprint density at radius 1 is 1.25 bits per heavy atom. The number of carbonyl (C=O) groups is 1. The highest BCUT2D eigenvalue weighted by molar-refractivity contribution is 7.80. The lowest BCUT2D eigenvalue weighted by atomic mass is 9.88. The maximum atomic E-state index is 12.9. The van der Waals surface area contributed by atoms with Crippen LogP contribution in [0, 0.1) is 0 Å². The number of amides is 1. The summed E-state index contributed by atoms with van der Waals surface area (Å²) in [7, 11) is 3.30. The molecule has 0 radical (unpaired) electrons. The van der Waals surface area contributed by atoms with Gasteiger partial charge in [-0.15, -0.1) is 0 Å². The topological polar surface area (TPSA) is 68.8 Å². The lowest BCUT2D eigenvalue weighted by Crippen LogP contribution is -2.44. The van der Waals surface area contributed by atoms with E-state index in [1.54, 1.807) is 26.3 Å². The van der Waals surface area contributed by atoms with E-state index < -0.39 is 6.04 Å². The normalized spacial score (nSPS) is 21.2. The number of H-pyrrole nitrogens is 1. The Bertz CT molecular complexity index is 1140. The second-order valence-electron chi connectivity index (χ2n) is 7.20. The maximum Gasteiger partial charge on any atom is 0.251 e. The molecule has 7 heteroatoms. The Morgan fingerprint density at radius 2 is 2.04 bits per heavy atom. The minimum Gasteiger partial charge on any atom is -0.508 e. The van der Waals surface area contributed by atoms with Gasteiger partial charge in [0.1, 0.15) is 23.6 Å². The first-order valence-electron chi connectivity index (χ1n) is 9.07. The molecule has 2 N–H and O–H groups in total. The molecule has 142 valence electrons. The number of phenols is 1. The Hall–Kier alpha value is -3.06. The number of phenolic OH excluding ortho intramolecular Hbond substituents is 1. The Morgan fingerprint density at radius 3 is 2.82 bits per heavy atom. The van der Waals surface area contributed by atoms with Gasteiger partial charge < -0.3 is 19.7 Å². The molecule has 1 aromatic heterocycles. The van der Waals surface area contributed by atoms with Crippen molar-refractivity contribution in [2.24, 2.45) is 0 Å². The van der Waals surface area contributed by atoms with E-state index in [0.717, 1.165) is 22.2 Å². The molecule has 0 aliphatic carbocycles. The number of rotatable bonds is 2. The number of aromatic amines is 1. The van der Waals surface area contributed by atoms with E-state index in [9.17, 15) is 9.90 Å². The predicted octanol–water partition coefficient (Wildman–Crippen LogP) is 2.96. The van der Waals surface area contributed by atoms with Gasteiger partial charge in [0.05, 0.1) is 7.11 Å². The molecule has 1 amide bonds. The number of thiocarbonyl (C=S) groups is 1. The zero-order valence-electron chi connectivity index (χ0n) is 15.5. The molecule has 2 atom stereocenters. The van der Waals surface area contributed by atoms with Crippen molar-refractivity contribution >= 4 is 34.1 Å². The summed E-state index contributed by atoms with van der Waals surface area (Å²) >= 11 is 5.61. The van der Waals surface area contributed by atoms with Crippen molar-refractivity contribution in [3.63, 3.8) is 0 Å². The van der Waals surface area contributed by atoms with Crippen LogP contribution in [0.4, 0.5) is 0 Å². The highest BCUT2D eigenvalue weighted by Crippen LogP contribution is 2.46. The minimum absolute atomic E-state index is 0.0201. The fraction of sp³-hybridized carbons (Fsp3) is 0.238. The number of nitrogens with one attached hydrogen (secondary N) is 1. The van der Waals surface area contributed by atoms with E-state index in [-0.39, 0.29) is 17.7 Å². The second kappa shape index (κ2) is 5.97. The Kier molecular flexibility index (Phi) is 3.64. The first kappa shape index (κ1) is 17.1. The van der Waals surface area contributed by atoms with Crippen molar-refractivity contribution in [3.8, 4) is 11.5 Å². The van der Waals surface area contributed by atoms with Crippen LogP contribution < -0.4 is 4.74 Å². The van der Waals surface area contributed by atoms with Crippen LogP contribution in [0.1, 0.15) is 22.9 Å². The Labute approximate surface area is 167 Å². The van der Waals surface area contributed by atoms with Crippen molar-refractivity contribution in [2.45, 2.75) is 18.5 Å². The van der Waals surface area contributed by atoms with E-state index in [1.165, 1.54) is 4.90 Å². The summed E-state index contributed by atoms with van der Waals surface area (Å²) in [4.78, 5) is 19.9. The number of aromatic nitrogens is 1. The average molecular weight is 393 g/mol. The molecule has 2 aliphatic rings. The SMILES string of the molecule is COc1ccc(O)c(C2c3[nH]c4ccccc4c3CC3C(=O)N(C)C(=S)N32)c1. The van der Waals surface area contributed by atoms with Crippen LogP contribution in [0.2, 0.25) is 0 Å². The van der Waals surface area contributed by atoms with Gasteiger partial charge in [-0.25, -0.2) is 0 Å². The summed E-state index contributed by atoms with van der Waals surface area (Å²) in [5, 5.41) is 12.2. The van der Waals surface area contributed by atoms with Crippen LogP contribution in [-0.2, 0) is 11.2 Å². The first-order valence-corrected chi connectivity index (χ1v) is 9.48. The number of hydrogen-bond acceptors (Lipinski definition) is 4. The summed E-state index contributed by atoms with van der Waals surface area (Å²) in [5.41, 5.74) is 3.71. The molecule has 0 bridgehead atoms. The highest BCUT2D eigenvalue weighted by atomic mass is 32.1. The molecule has 3 heterocycles. The second-order valence-corrected chi connectivity index (χ2v) is 7.56. The van der Waals surface area contributed by atoms with Gasteiger partial charge in [0.15, 0.2) is 5.11 Å². The van der Waals surface area contributed by atoms with Gasteiger partial charge in [-0.2, -0.15) is 0 Å². The monoisotopic (exact) mass is 393 g/mol. The molecule has 1 saturated heterocycles. The van der Waals surface area contributed by atoms with Crippen molar-refractivity contribution in [1.29, 1.82) is 0 Å². The van der Waals surface area contributed by atoms with Crippen LogP contribution in [0.3, 0.4) is 0 Å². The van der Waals surface area contributed by atoms with E-state index in [2.05, 4.69) is 11.1 Å². The largest absolute Gasteiger partial charge is 0.508 e. The molecule has 28 heavy (non-hydrogen) atoms. The number of benzene rings is 2. The van der Waals surface area contributed by atoms with Gasteiger partial charge >= 0.3 is 0 Å². The molecule has 5 rings (SSSR count). The predicted molar refractivity (Wildman–Crippen MR) is 109 cm³/mol. The van der Waals surface area contributed by atoms with E-state index >= 15 is 0 Å². The summed E-state index contributed by atoms with van der Waals surface area (Å²) < 4.78 is 5.38. The third-order valence-corrected chi connectivity index (χ3v) is 6.27. The number of likely N-dealkylation sites (N-methyl/N-ethyl adjacent to an activating group) is 1. The zero-order chi connectivity index (χ0) is 19.6. The maximum absolute atomic E-state index is 12.9. The van der Waals surface area contributed by atoms with Crippen LogP contribution in [0.25, 0.3) is 10.9 Å². The third-order valence-electron chi connectivity index (χ3n) is 5.78. The number of hydrogen-bond donors (Lipinski definition) is 2. The summed E-state index contributed by atoms with van der Waals surface area (Å²) in [5.74, 6) is 0.756. The molecular formula is C21H19N3O3S. The number of methoxy groups -OCH3 is 1. The highest BCUT2D eigenvalue weighted by Gasteiger charge is 2.49. The number of aromatic hydroxyl groups is 1. The van der Waals surface area contributed by atoms with Crippen molar-refractivity contribution in [2.75, 3.05) is 14.2 Å². The van der Waals surface area contributed by atoms with E-state index in [4.69, 9.17) is 17.0 Å². The van der Waals surface area contributed by atoms with Gasteiger partial charge in [-0.05, 0) is 42.0 Å². The van der Waals surface area contributed by atoms with Crippen molar-refractivity contribution < 1.29 is 14.6 Å². The van der Waals surface area contributed by atoms with Crippen LogP contribution in [0.15, 0.2) is 42.5 Å². The number of para-hydroxylation sites is 1. The van der Waals surface area contributed by atoms with E-state index in [1.807, 2.05) is 29.2 Å². The fourth-order valence-corrected chi connectivity index (χ4v) is 4.73. The lowest BCUT2D eigenvalue weighted by molar-refractivity contribution is -0.127. The molecule has 0 spiro atoms. The van der Waals surface area contributed by atoms with Gasteiger partial charge in [0, 0.05) is 35.6 Å². The quantitative estimate of drug-likeness (QED) is 0.655. The standard InChI is InChI=1S/C21H19N3O3S/c1-23-20(26)16-10-13-12-5-3-4-6-15(12)22-18(13)19(24(16)21(23)28)14-9-11(27-2)7-8-17(14)25/h3-9,16,19,22,25H,10H2,1-2H3. The van der Waals surface area contributed by atoms with Crippen LogP contribution in [-0.4, -0.2) is 51.1 Å². The van der Waals surface area contributed by atoms with Crippen LogP contribution >= 0.6 is 12.2 Å². The van der Waals surface area contributed by atoms with Gasteiger partial charge in [-0.1, -0.05) is 18.2 Å². The van der Waals surface area contributed by atoms with Gasteiger partial charge in [-0.3, -0.25) is 9.69 Å². The number of carbonyl (C=O) groups excluding carboxylic acids is 1. The molecule has 3 aromatic rings. The number of nitrogens with zero attached hydrogens (tertiary/aromatic N) is 2. The smallest absolute Gasteiger partial charge is 0.251 e. The Balaban J connectivity index is 1.80. The molecule has 2 unspecified atom stereocenters. The molecular weight excluding hydrogens is 374 g/mol. The minimum atomic E-state index is -0.405. The molecule has 1 fully saturated rings. The molecule has 0 saturated carbocycles. The van der Waals surface area contributed by atoms with E-state index in [0.29, 0.717) is 22.8 Å². The fourth-order valence-electron chi connectivity index (χ4n) is 4.41. The first-order chi connectivity index (χ1) is 13.5. The number of ether oxygens (including phenoxy) is 1. The van der Waals surface area contributed by atoms with Crippen molar-refractivity contribution in [3.05, 3.63) is 59.3 Å². The third kappa shape index (κ3) is 2.19. The molecule has 6 nitrogen and oxygen atoms in total. The summed E-state index contributed by atoms with van der Waals surface area (Å²) in [6.07, 6.45) is 0.573. The molecule has 2 aliphatic heterocycles. The zero-order valence-corrected chi connectivity index (χ0v) is 16.3.